The minimum Gasteiger partial charge on any atom is -0.388 e. The van der Waals surface area contributed by atoms with E-state index in [1.165, 1.54) is 12.8 Å². The number of aliphatic hydroxyl groups excluding tert-OH is 1. The van der Waals surface area contributed by atoms with Gasteiger partial charge in [0.15, 0.2) is 0 Å². The Morgan fingerprint density at radius 2 is 2.12 bits per heavy atom. The summed E-state index contributed by atoms with van der Waals surface area (Å²) >= 11 is 0. The summed E-state index contributed by atoms with van der Waals surface area (Å²) in [6.45, 7) is 0. The standard InChI is InChI=1S/C14H15NO/c16-14(9-10-6-7-10)12-3-1-5-13-11(12)4-2-8-15-13/h1-5,8,10,14,16H,6-7,9H2. The molecule has 1 atom stereocenters. The number of nitrogens with zero attached hydrogens (tertiary/aromatic N) is 1. The Hall–Kier alpha value is -1.41. The summed E-state index contributed by atoms with van der Waals surface area (Å²) in [5, 5.41) is 11.3. The average Bonchev–Trinajstić information content (AvgIpc) is 3.12. The number of fused-ring (bicyclic) bond motifs is 1. The van der Waals surface area contributed by atoms with Crippen LogP contribution >= 0.6 is 0 Å². The van der Waals surface area contributed by atoms with E-state index in [-0.39, 0.29) is 6.10 Å². The van der Waals surface area contributed by atoms with Gasteiger partial charge in [-0.05, 0) is 30.0 Å². The van der Waals surface area contributed by atoms with Crippen LogP contribution in [0.3, 0.4) is 0 Å². The van der Waals surface area contributed by atoms with Gasteiger partial charge in [0.1, 0.15) is 0 Å². The summed E-state index contributed by atoms with van der Waals surface area (Å²) in [5.41, 5.74) is 1.99. The first-order valence-corrected chi connectivity index (χ1v) is 5.86. The largest absolute Gasteiger partial charge is 0.388 e. The van der Waals surface area contributed by atoms with Crippen molar-refractivity contribution < 1.29 is 5.11 Å². The molecule has 0 spiro atoms. The number of rotatable bonds is 3. The average molecular weight is 213 g/mol. The fraction of sp³-hybridized carbons (Fsp3) is 0.357. The van der Waals surface area contributed by atoms with Crippen molar-refractivity contribution in [1.82, 2.24) is 4.98 Å². The first kappa shape index (κ1) is 9.79. The van der Waals surface area contributed by atoms with Crippen LogP contribution in [0.5, 0.6) is 0 Å². The van der Waals surface area contributed by atoms with Crippen molar-refractivity contribution in [3.05, 3.63) is 42.1 Å². The van der Waals surface area contributed by atoms with Crippen molar-refractivity contribution in [1.29, 1.82) is 0 Å². The van der Waals surface area contributed by atoms with Crippen LogP contribution in [0.25, 0.3) is 10.9 Å². The number of hydrogen-bond donors (Lipinski definition) is 1. The quantitative estimate of drug-likeness (QED) is 0.850. The highest BCUT2D eigenvalue weighted by Gasteiger charge is 2.25. The minimum absolute atomic E-state index is 0.333. The van der Waals surface area contributed by atoms with Gasteiger partial charge in [0.2, 0.25) is 0 Å². The number of hydrogen-bond acceptors (Lipinski definition) is 2. The Morgan fingerprint density at radius 3 is 2.94 bits per heavy atom. The van der Waals surface area contributed by atoms with Crippen molar-refractivity contribution in [2.45, 2.75) is 25.4 Å². The fourth-order valence-corrected chi connectivity index (χ4v) is 2.21. The highest BCUT2D eigenvalue weighted by molar-refractivity contribution is 5.82. The van der Waals surface area contributed by atoms with Crippen molar-refractivity contribution in [3.8, 4) is 0 Å². The van der Waals surface area contributed by atoms with Crippen molar-refractivity contribution in [2.24, 2.45) is 5.92 Å². The maximum absolute atomic E-state index is 10.2. The zero-order valence-corrected chi connectivity index (χ0v) is 9.13. The second kappa shape index (κ2) is 3.87. The van der Waals surface area contributed by atoms with E-state index in [0.29, 0.717) is 0 Å². The fourth-order valence-electron chi connectivity index (χ4n) is 2.21. The van der Waals surface area contributed by atoms with Crippen molar-refractivity contribution >= 4 is 10.9 Å². The Morgan fingerprint density at radius 1 is 1.25 bits per heavy atom. The van der Waals surface area contributed by atoms with Gasteiger partial charge >= 0.3 is 0 Å². The summed E-state index contributed by atoms with van der Waals surface area (Å²) in [7, 11) is 0. The lowest BCUT2D eigenvalue weighted by atomic mass is 9.99. The minimum atomic E-state index is -0.333. The second-order valence-electron chi connectivity index (χ2n) is 4.61. The van der Waals surface area contributed by atoms with E-state index in [9.17, 15) is 5.11 Å². The Bertz CT molecular complexity index is 500. The molecule has 1 heterocycles. The molecule has 0 amide bonds. The van der Waals surface area contributed by atoms with E-state index in [2.05, 4.69) is 4.98 Å². The molecule has 2 aromatic rings. The van der Waals surface area contributed by atoms with E-state index >= 15 is 0 Å². The highest BCUT2D eigenvalue weighted by Crippen LogP contribution is 2.38. The molecular formula is C14H15NO. The van der Waals surface area contributed by atoms with Crippen LogP contribution in [-0.4, -0.2) is 10.1 Å². The topological polar surface area (TPSA) is 33.1 Å². The summed E-state index contributed by atoms with van der Waals surface area (Å²) in [6.07, 6.45) is 4.91. The molecule has 1 saturated carbocycles. The number of pyridine rings is 1. The predicted molar refractivity (Wildman–Crippen MR) is 64.0 cm³/mol. The molecule has 1 unspecified atom stereocenters. The van der Waals surface area contributed by atoms with Gasteiger partial charge in [0.25, 0.3) is 0 Å². The highest BCUT2D eigenvalue weighted by atomic mass is 16.3. The van der Waals surface area contributed by atoms with Crippen LogP contribution in [0.2, 0.25) is 0 Å². The van der Waals surface area contributed by atoms with Gasteiger partial charge in [-0.25, -0.2) is 0 Å². The summed E-state index contributed by atoms with van der Waals surface area (Å²) in [6, 6.07) is 9.93. The lowest BCUT2D eigenvalue weighted by molar-refractivity contribution is 0.162. The zero-order valence-electron chi connectivity index (χ0n) is 9.13. The van der Waals surface area contributed by atoms with Gasteiger partial charge in [-0.15, -0.1) is 0 Å². The molecule has 1 aromatic heterocycles. The van der Waals surface area contributed by atoms with E-state index in [1.807, 2.05) is 30.3 Å². The molecule has 1 aromatic carbocycles. The number of benzene rings is 1. The molecule has 2 nitrogen and oxygen atoms in total. The van der Waals surface area contributed by atoms with Crippen LogP contribution in [0.1, 0.15) is 30.9 Å². The van der Waals surface area contributed by atoms with Crippen LogP contribution in [0.4, 0.5) is 0 Å². The van der Waals surface area contributed by atoms with Gasteiger partial charge < -0.3 is 5.11 Å². The van der Waals surface area contributed by atoms with E-state index in [1.54, 1.807) is 6.20 Å². The molecule has 0 saturated heterocycles. The molecule has 0 bridgehead atoms. The van der Waals surface area contributed by atoms with Crippen LogP contribution in [0.15, 0.2) is 36.5 Å². The third-order valence-corrected chi connectivity index (χ3v) is 3.29. The molecule has 1 aliphatic rings. The smallest absolute Gasteiger partial charge is 0.0799 e. The van der Waals surface area contributed by atoms with Gasteiger partial charge in [0, 0.05) is 11.6 Å². The predicted octanol–water partition coefficient (Wildman–Crippen LogP) is 3.07. The van der Waals surface area contributed by atoms with E-state index in [0.717, 1.165) is 28.8 Å². The molecule has 1 aliphatic carbocycles. The number of aliphatic hydroxyl groups is 1. The summed E-state index contributed by atoms with van der Waals surface area (Å²) in [5.74, 6) is 0.738. The zero-order chi connectivity index (χ0) is 11.0. The Labute approximate surface area is 94.9 Å². The molecule has 82 valence electrons. The summed E-state index contributed by atoms with van der Waals surface area (Å²) < 4.78 is 0. The SMILES string of the molecule is OC(CC1CC1)c1cccc2ncccc12. The maximum Gasteiger partial charge on any atom is 0.0799 e. The monoisotopic (exact) mass is 213 g/mol. The molecule has 0 aliphatic heterocycles. The Kier molecular flexibility index (Phi) is 2.37. The van der Waals surface area contributed by atoms with Crippen LogP contribution < -0.4 is 0 Å². The molecule has 1 N–H and O–H groups in total. The van der Waals surface area contributed by atoms with Crippen molar-refractivity contribution in [2.75, 3.05) is 0 Å². The first-order chi connectivity index (χ1) is 7.84. The van der Waals surface area contributed by atoms with Gasteiger partial charge in [-0.3, -0.25) is 4.98 Å². The van der Waals surface area contributed by atoms with Gasteiger partial charge in [-0.1, -0.05) is 31.0 Å². The van der Waals surface area contributed by atoms with E-state index < -0.39 is 0 Å². The lowest BCUT2D eigenvalue weighted by Gasteiger charge is -2.12. The molecule has 0 radical (unpaired) electrons. The molecule has 16 heavy (non-hydrogen) atoms. The lowest BCUT2D eigenvalue weighted by Crippen LogP contribution is -1.99. The van der Waals surface area contributed by atoms with Crippen LogP contribution in [-0.2, 0) is 0 Å². The molecular weight excluding hydrogens is 198 g/mol. The third kappa shape index (κ3) is 1.81. The third-order valence-electron chi connectivity index (χ3n) is 3.29. The van der Waals surface area contributed by atoms with Crippen molar-refractivity contribution in [3.63, 3.8) is 0 Å². The molecule has 3 rings (SSSR count). The van der Waals surface area contributed by atoms with Crippen LogP contribution in [0, 0.1) is 5.92 Å². The maximum atomic E-state index is 10.2. The molecule has 2 heteroatoms. The van der Waals surface area contributed by atoms with Gasteiger partial charge in [0.05, 0.1) is 11.6 Å². The van der Waals surface area contributed by atoms with Gasteiger partial charge in [-0.2, -0.15) is 0 Å². The number of aromatic nitrogens is 1. The summed E-state index contributed by atoms with van der Waals surface area (Å²) in [4.78, 5) is 4.31. The second-order valence-corrected chi connectivity index (χ2v) is 4.61. The first-order valence-electron chi connectivity index (χ1n) is 5.86. The normalized spacial score (nSPS) is 17.6. The van der Waals surface area contributed by atoms with E-state index in [4.69, 9.17) is 0 Å². The molecule has 1 fully saturated rings. The Balaban J connectivity index is 2.00.